The highest BCUT2D eigenvalue weighted by Crippen LogP contribution is 2.41. The fourth-order valence-electron chi connectivity index (χ4n) is 6.30. The molecule has 284 valence electrons. The van der Waals surface area contributed by atoms with Crippen LogP contribution < -0.4 is 45.2 Å². The number of esters is 1. The van der Waals surface area contributed by atoms with E-state index in [1.165, 1.54) is 26.4 Å². The molecule has 6 aromatic rings. The summed E-state index contributed by atoms with van der Waals surface area (Å²) in [6, 6.07) is 34.8. The molecule has 0 saturated heterocycles. The van der Waals surface area contributed by atoms with Gasteiger partial charge in [-0.2, -0.15) is 4.57 Å². The Labute approximate surface area is 330 Å². The predicted molar refractivity (Wildman–Crippen MR) is 203 cm³/mol. The quantitative estimate of drug-likeness (QED) is 0.0853. The van der Waals surface area contributed by atoms with Crippen molar-refractivity contribution in [3.8, 4) is 34.5 Å². The van der Waals surface area contributed by atoms with Gasteiger partial charge >= 0.3 is 5.97 Å². The third-order valence-corrected chi connectivity index (χ3v) is 8.96. The van der Waals surface area contributed by atoms with Gasteiger partial charge in [-0.15, -0.1) is 0 Å². The van der Waals surface area contributed by atoms with E-state index in [2.05, 4.69) is 0 Å². The number of pyridine rings is 1. The molecule has 0 aliphatic carbocycles. The Kier molecular flexibility index (Phi) is 13.7. The van der Waals surface area contributed by atoms with E-state index >= 15 is 4.79 Å². The first-order valence-electron chi connectivity index (χ1n) is 17.5. The second kappa shape index (κ2) is 18.8. The molecular weight excluding hydrogens is 766 g/mol. The van der Waals surface area contributed by atoms with Crippen molar-refractivity contribution in [1.82, 2.24) is 0 Å². The van der Waals surface area contributed by atoms with Crippen LogP contribution in [0.25, 0.3) is 10.8 Å². The molecule has 0 aliphatic rings. The number of Topliss-reactive ketones (excluding diaryl/α,β-unsaturated/α-hetero) is 1. The molecule has 0 fully saturated rings. The van der Waals surface area contributed by atoms with Crippen LogP contribution >= 0.6 is 0 Å². The van der Waals surface area contributed by atoms with Gasteiger partial charge in [0, 0.05) is 6.07 Å². The number of fused-ring (bicyclic) bond motifs is 1. The zero-order valence-electron chi connectivity index (χ0n) is 31.0. The molecule has 11 heteroatoms. The molecule has 0 aliphatic heterocycles. The van der Waals surface area contributed by atoms with E-state index in [1.807, 2.05) is 72.8 Å². The minimum Gasteiger partial charge on any atom is -1.00 e. The summed E-state index contributed by atoms with van der Waals surface area (Å²) >= 11 is 0. The number of aromatic hydroxyl groups is 1. The van der Waals surface area contributed by atoms with Crippen molar-refractivity contribution in [2.45, 2.75) is 32.6 Å². The third-order valence-electron chi connectivity index (χ3n) is 8.96. The fourth-order valence-corrected chi connectivity index (χ4v) is 6.30. The van der Waals surface area contributed by atoms with Crippen LogP contribution in [0.3, 0.4) is 0 Å². The molecular formula is C44H42BrNO9. The lowest BCUT2D eigenvalue weighted by Crippen LogP contribution is -3.00. The Balaban J connectivity index is 0.00000580. The number of phenols is 1. The van der Waals surface area contributed by atoms with Crippen molar-refractivity contribution >= 4 is 22.5 Å². The number of hydrogen-bond acceptors (Lipinski definition) is 9. The first kappa shape index (κ1) is 40.1. The van der Waals surface area contributed by atoms with Crippen molar-refractivity contribution < 1.29 is 64.7 Å². The molecule has 0 bridgehead atoms. The van der Waals surface area contributed by atoms with Crippen molar-refractivity contribution in [2.24, 2.45) is 0 Å². The lowest BCUT2D eigenvalue weighted by Gasteiger charge is -2.21. The average molecular weight is 809 g/mol. The second-order valence-electron chi connectivity index (χ2n) is 12.4. The second-order valence-corrected chi connectivity index (χ2v) is 12.4. The largest absolute Gasteiger partial charge is 1.00 e. The first-order chi connectivity index (χ1) is 26.3. The van der Waals surface area contributed by atoms with Gasteiger partial charge in [-0.25, -0.2) is 4.79 Å². The summed E-state index contributed by atoms with van der Waals surface area (Å²) in [5.41, 5.74) is 2.94. The molecule has 0 spiro atoms. The maximum atomic E-state index is 15.0. The standard InChI is InChI=1S/C44H41NO9.BrH/c1-5-52-41(47)26-45-21-20-31-22-40(54-28-30-14-10-7-11-15-30)39(51-4)25-34(31)43(45)42(44(48)35-24-33(49-2)17-18-36(35)46)32-16-19-37(38(23-32)50-3)53-27-29-12-8-6-9-13-29;/h6-25,42H,5,26-28H2,1-4H3;1H. The van der Waals surface area contributed by atoms with E-state index in [1.54, 1.807) is 55.1 Å². The molecule has 0 saturated carbocycles. The fraction of sp³-hybridized carbons (Fsp3) is 0.205. The monoisotopic (exact) mass is 807 g/mol. The van der Waals surface area contributed by atoms with Gasteiger partial charge < -0.3 is 50.5 Å². The van der Waals surface area contributed by atoms with E-state index < -0.39 is 17.7 Å². The van der Waals surface area contributed by atoms with Crippen LogP contribution in [-0.2, 0) is 29.3 Å². The van der Waals surface area contributed by atoms with Gasteiger partial charge in [-0.05, 0) is 71.5 Å². The first-order valence-corrected chi connectivity index (χ1v) is 17.5. The number of nitrogens with zero attached hydrogens (tertiary/aromatic N) is 1. The molecule has 1 unspecified atom stereocenters. The van der Waals surface area contributed by atoms with Crippen molar-refractivity contribution in [3.63, 3.8) is 0 Å². The molecule has 0 radical (unpaired) electrons. The number of aromatic nitrogens is 1. The Morgan fingerprint density at radius 2 is 1.33 bits per heavy atom. The number of rotatable bonds is 16. The van der Waals surface area contributed by atoms with Gasteiger partial charge in [0.25, 0.3) is 0 Å². The third kappa shape index (κ3) is 9.36. The summed E-state index contributed by atoms with van der Waals surface area (Å²) in [5.74, 6) is -0.107. The van der Waals surface area contributed by atoms with Crippen molar-refractivity contribution in [2.75, 3.05) is 27.9 Å². The van der Waals surface area contributed by atoms with Crippen LogP contribution in [0.1, 0.15) is 45.6 Å². The summed E-state index contributed by atoms with van der Waals surface area (Å²) in [6.45, 7) is 2.32. The van der Waals surface area contributed by atoms with E-state index in [-0.39, 0.29) is 41.4 Å². The maximum absolute atomic E-state index is 15.0. The molecule has 1 aromatic heterocycles. The van der Waals surface area contributed by atoms with Gasteiger partial charge in [-0.1, -0.05) is 66.7 Å². The summed E-state index contributed by atoms with van der Waals surface area (Å²) in [7, 11) is 4.56. The average Bonchev–Trinajstić information content (AvgIpc) is 3.20. The van der Waals surface area contributed by atoms with Gasteiger partial charge in [0.1, 0.15) is 30.6 Å². The lowest BCUT2D eigenvalue weighted by molar-refractivity contribution is -0.692. The Bertz CT molecular complexity index is 2250. The number of carbonyl (C=O) groups excluding carboxylic acids is 2. The molecule has 55 heavy (non-hydrogen) atoms. The maximum Gasteiger partial charge on any atom is 0.372 e. The Morgan fingerprint density at radius 3 is 1.95 bits per heavy atom. The van der Waals surface area contributed by atoms with Gasteiger partial charge in [-0.3, -0.25) is 4.79 Å². The van der Waals surface area contributed by atoms with Crippen LogP contribution in [0.4, 0.5) is 0 Å². The molecule has 1 N–H and O–H groups in total. The lowest BCUT2D eigenvalue weighted by atomic mass is 9.84. The summed E-state index contributed by atoms with van der Waals surface area (Å²) in [4.78, 5) is 28.1. The summed E-state index contributed by atoms with van der Waals surface area (Å²) in [5, 5.41) is 12.4. The highest BCUT2D eigenvalue weighted by atomic mass is 79.9. The number of ketones is 1. The highest BCUT2D eigenvalue weighted by Gasteiger charge is 2.37. The smallest absolute Gasteiger partial charge is 0.372 e. The molecule has 5 aromatic carbocycles. The molecule has 1 heterocycles. The zero-order chi connectivity index (χ0) is 38.0. The van der Waals surface area contributed by atoms with Crippen LogP contribution in [-0.4, -0.2) is 44.8 Å². The molecule has 6 rings (SSSR count). The van der Waals surface area contributed by atoms with Crippen LogP contribution in [0.5, 0.6) is 34.5 Å². The van der Waals surface area contributed by atoms with E-state index in [0.29, 0.717) is 58.6 Å². The van der Waals surface area contributed by atoms with Crippen LogP contribution in [0.15, 0.2) is 121 Å². The van der Waals surface area contributed by atoms with E-state index in [4.69, 9.17) is 28.4 Å². The topological polar surface area (TPSA) is 114 Å². The number of ether oxygens (including phenoxy) is 6. The van der Waals surface area contributed by atoms with Crippen molar-refractivity contribution in [1.29, 1.82) is 0 Å². The number of halogens is 1. The highest BCUT2D eigenvalue weighted by molar-refractivity contribution is 6.07. The summed E-state index contributed by atoms with van der Waals surface area (Å²) in [6.07, 6.45) is 1.74. The SMILES string of the molecule is CCOC(=O)C[n+]1ccc2cc(OCc3ccccc3)c(OC)cc2c1C(C(=O)c1cc(OC)ccc1O)c1ccc(OCc2ccccc2)c(OC)c1.[Br-]. The van der Waals surface area contributed by atoms with Gasteiger partial charge in [0.15, 0.2) is 35.0 Å². The zero-order valence-corrected chi connectivity index (χ0v) is 32.6. The molecule has 10 nitrogen and oxygen atoms in total. The Morgan fingerprint density at radius 1 is 0.691 bits per heavy atom. The van der Waals surface area contributed by atoms with Crippen LogP contribution in [0, 0.1) is 0 Å². The van der Waals surface area contributed by atoms with E-state index in [9.17, 15) is 9.90 Å². The normalized spacial score (nSPS) is 11.2. The predicted octanol–water partition coefficient (Wildman–Crippen LogP) is 4.60. The molecule has 1 atom stereocenters. The number of methoxy groups -OCH3 is 3. The van der Waals surface area contributed by atoms with Crippen LogP contribution in [0.2, 0.25) is 0 Å². The number of hydrogen-bond donors (Lipinski definition) is 1. The number of benzene rings is 5. The van der Waals surface area contributed by atoms with Crippen molar-refractivity contribution in [3.05, 3.63) is 149 Å². The Hall–Kier alpha value is -6.07. The molecule has 0 amide bonds. The van der Waals surface area contributed by atoms with Gasteiger partial charge in [0.2, 0.25) is 12.2 Å². The number of phenolic OH excluding ortho intramolecular Hbond substituents is 1. The minimum absolute atomic E-state index is 0. The van der Waals surface area contributed by atoms with E-state index in [0.717, 1.165) is 16.5 Å². The number of carbonyl (C=O) groups is 2. The summed E-state index contributed by atoms with van der Waals surface area (Å²) < 4.78 is 36.6. The minimum atomic E-state index is -1.10. The van der Waals surface area contributed by atoms with Gasteiger partial charge in [0.05, 0.1) is 38.9 Å².